The fourth-order valence-corrected chi connectivity index (χ4v) is 1.97. The van der Waals surface area contributed by atoms with E-state index < -0.39 is 0 Å². The Hall–Kier alpha value is -1.03. The normalized spacial score (nSPS) is 26.6. The van der Waals surface area contributed by atoms with Crippen LogP contribution in [0.25, 0.3) is 0 Å². The van der Waals surface area contributed by atoms with Crippen LogP contribution in [0, 0.1) is 5.92 Å². The average molecular weight is 211 g/mol. The minimum absolute atomic E-state index is 0.362. The van der Waals surface area contributed by atoms with Crippen molar-refractivity contribution in [2.45, 2.75) is 25.4 Å². The SMILES string of the molecule is C=CCNC(N)=NCC1CCCC1OC. The van der Waals surface area contributed by atoms with Crippen LogP contribution < -0.4 is 11.1 Å². The van der Waals surface area contributed by atoms with Crippen molar-refractivity contribution < 1.29 is 4.74 Å². The molecule has 86 valence electrons. The maximum Gasteiger partial charge on any atom is 0.188 e. The summed E-state index contributed by atoms with van der Waals surface area (Å²) in [7, 11) is 1.77. The third-order valence-corrected chi connectivity index (χ3v) is 2.82. The number of hydrogen-bond acceptors (Lipinski definition) is 2. The number of guanidine groups is 1. The predicted molar refractivity (Wildman–Crippen MR) is 62.8 cm³/mol. The van der Waals surface area contributed by atoms with Gasteiger partial charge in [-0.25, -0.2) is 0 Å². The van der Waals surface area contributed by atoms with Gasteiger partial charge in [0.05, 0.1) is 6.10 Å². The lowest BCUT2D eigenvalue weighted by atomic mass is 10.1. The van der Waals surface area contributed by atoms with Crippen LogP contribution in [0.1, 0.15) is 19.3 Å². The summed E-state index contributed by atoms with van der Waals surface area (Å²) in [4.78, 5) is 4.30. The molecule has 1 fully saturated rings. The lowest BCUT2D eigenvalue weighted by Crippen LogP contribution is -2.32. The zero-order valence-electron chi connectivity index (χ0n) is 9.41. The molecule has 2 atom stereocenters. The minimum atomic E-state index is 0.362. The first kappa shape index (κ1) is 12.0. The minimum Gasteiger partial charge on any atom is -0.381 e. The maximum atomic E-state index is 5.68. The Bertz CT molecular complexity index is 228. The van der Waals surface area contributed by atoms with Gasteiger partial charge in [-0.2, -0.15) is 0 Å². The van der Waals surface area contributed by atoms with E-state index in [9.17, 15) is 0 Å². The molecule has 0 spiro atoms. The summed E-state index contributed by atoms with van der Waals surface area (Å²) < 4.78 is 5.39. The summed E-state index contributed by atoms with van der Waals surface area (Å²) in [5.41, 5.74) is 5.68. The second kappa shape index (κ2) is 6.45. The van der Waals surface area contributed by atoms with Crippen LogP contribution in [0.15, 0.2) is 17.6 Å². The van der Waals surface area contributed by atoms with Crippen LogP contribution in [0.3, 0.4) is 0 Å². The predicted octanol–water partition coefficient (Wildman–Crippen LogP) is 0.892. The number of nitrogens with one attached hydrogen (secondary N) is 1. The van der Waals surface area contributed by atoms with Gasteiger partial charge in [0, 0.05) is 26.1 Å². The fourth-order valence-electron chi connectivity index (χ4n) is 1.97. The molecule has 0 radical (unpaired) electrons. The van der Waals surface area contributed by atoms with Gasteiger partial charge in [0.2, 0.25) is 0 Å². The molecular weight excluding hydrogens is 190 g/mol. The van der Waals surface area contributed by atoms with Crippen LogP contribution in [0.5, 0.6) is 0 Å². The van der Waals surface area contributed by atoms with Crippen molar-refractivity contribution in [3.8, 4) is 0 Å². The highest BCUT2D eigenvalue weighted by Crippen LogP contribution is 2.27. The van der Waals surface area contributed by atoms with E-state index in [1.807, 2.05) is 0 Å². The molecule has 0 aliphatic heterocycles. The third kappa shape index (κ3) is 3.91. The number of nitrogens with two attached hydrogens (primary N) is 1. The van der Waals surface area contributed by atoms with Crippen molar-refractivity contribution in [1.82, 2.24) is 5.32 Å². The van der Waals surface area contributed by atoms with Crippen molar-refractivity contribution in [2.75, 3.05) is 20.2 Å². The lowest BCUT2D eigenvalue weighted by molar-refractivity contribution is 0.0743. The van der Waals surface area contributed by atoms with E-state index >= 15 is 0 Å². The molecule has 1 aliphatic rings. The number of hydrogen-bond donors (Lipinski definition) is 2. The van der Waals surface area contributed by atoms with E-state index in [1.54, 1.807) is 13.2 Å². The number of ether oxygens (including phenoxy) is 1. The highest BCUT2D eigenvalue weighted by molar-refractivity contribution is 5.77. The van der Waals surface area contributed by atoms with Crippen LogP contribution in [-0.2, 0) is 4.74 Å². The average Bonchev–Trinajstić information content (AvgIpc) is 2.70. The van der Waals surface area contributed by atoms with E-state index in [0.717, 1.165) is 13.0 Å². The van der Waals surface area contributed by atoms with Crippen molar-refractivity contribution in [3.63, 3.8) is 0 Å². The van der Waals surface area contributed by atoms with Gasteiger partial charge >= 0.3 is 0 Å². The van der Waals surface area contributed by atoms with Crippen molar-refractivity contribution >= 4 is 5.96 Å². The summed E-state index contributed by atoms with van der Waals surface area (Å²) >= 11 is 0. The van der Waals surface area contributed by atoms with Gasteiger partial charge in [0.25, 0.3) is 0 Å². The van der Waals surface area contributed by atoms with Crippen molar-refractivity contribution in [2.24, 2.45) is 16.6 Å². The van der Waals surface area contributed by atoms with E-state index in [2.05, 4.69) is 16.9 Å². The van der Waals surface area contributed by atoms with Gasteiger partial charge in [-0.05, 0) is 12.8 Å². The molecule has 4 nitrogen and oxygen atoms in total. The number of nitrogens with zero attached hydrogens (tertiary/aromatic N) is 1. The second-order valence-electron chi connectivity index (χ2n) is 3.86. The Morgan fingerprint density at radius 3 is 3.13 bits per heavy atom. The molecular formula is C11H21N3O. The molecule has 4 heteroatoms. The molecule has 0 heterocycles. The van der Waals surface area contributed by atoms with Gasteiger partial charge in [-0.1, -0.05) is 12.5 Å². The number of methoxy groups -OCH3 is 1. The topological polar surface area (TPSA) is 59.6 Å². The Balaban J connectivity index is 2.31. The standard InChI is InChI=1S/C11H21N3O/c1-3-7-13-11(12)14-8-9-5-4-6-10(9)15-2/h3,9-10H,1,4-8H2,2H3,(H3,12,13,14). The second-order valence-corrected chi connectivity index (χ2v) is 3.86. The van der Waals surface area contributed by atoms with Gasteiger partial charge in [0.15, 0.2) is 5.96 Å². The van der Waals surface area contributed by atoms with Crippen LogP contribution >= 0.6 is 0 Å². The molecule has 15 heavy (non-hydrogen) atoms. The molecule has 0 aromatic carbocycles. The van der Waals surface area contributed by atoms with Gasteiger partial charge in [-0.15, -0.1) is 6.58 Å². The molecule has 1 saturated carbocycles. The fraction of sp³-hybridized carbons (Fsp3) is 0.727. The quantitative estimate of drug-likeness (QED) is 0.403. The van der Waals surface area contributed by atoms with E-state index in [-0.39, 0.29) is 0 Å². The van der Waals surface area contributed by atoms with Crippen LogP contribution in [0.2, 0.25) is 0 Å². The van der Waals surface area contributed by atoms with E-state index in [0.29, 0.717) is 24.5 Å². The highest BCUT2D eigenvalue weighted by Gasteiger charge is 2.26. The summed E-state index contributed by atoms with van der Waals surface area (Å²) in [5, 5.41) is 2.96. The summed E-state index contributed by atoms with van der Waals surface area (Å²) in [5.74, 6) is 1.02. The van der Waals surface area contributed by atoms with Crippen molar-refractivity contribution in [1.29, 1.82) is 0 Å². The summed E-state index contributed by atoms with van der Waals surface area (Å²) in [6.45, 7) is 5.02. The molecule has 0 bridgehead atoms. The smallest absolute Gasteiger partial charge is 0.188 e. The zero-order valence-corrected chi connectivity index (χ0v) is 9.41. The third-order valence-electron chi connectivity index (χ3n) is 2.82. The van der Waals surface area contributed by atoms with Crippen LogP contribution in [-0.4, -0.2) is 32.3 Å². The summed E-state index contributed by atoms with van der Waals surface area (Å²) in [6.07, 6.45) is 5.70. The van der Waals surface area contributed by atoms with Crippen molar-refractivity contribution in [3.05, 3.63) is 12.7 Å². The highest BCUT2D eigenvalue weighted by atomic mass is 16.5. The monoisotopic (exact) mass is 211 g/mol. The molecule has 0 aromatic heterocycles. The largest absolute Gasteiger partial charge is 0.381 e. The zero-order chi connectivity index (χ0) is 11.1. The Morgan fingerprint density at radius 2 is 2.47 bits per heavy atom. The van der Waals surface area contributed by atoms with Crippen LogP contribution in [0.4, 0.5) is 0 Å². The Labute approximate surface area is 91.6 Å². The van der Waals surface area contributed by atoms with Gasteiger partial charge < -0.3 is 15.8 Å². The maximum absolute atomic E-state index is 5.68. The molecule has 0 amide bonds. The molecule has 2 unspecified atom stereocenters. The molecule has 3 N–H and O–H groups in total. The molecule has 1 rings (SSSR count). The first-order valence-corrected chi connectivity index (χ1v) is 5.45. The van der Waals surface area contributed by atoms with Gasteiger partial charge in [-0.3, -0.25) is 4.99 Å². The number of rotatable bonds is 5. The Morgan fingerprint density at radius 1 is 1.67 bits per heavy atom. The van der Waals surface area contributed by atoms with Gasteiger partial charge in [0.1, 0.15) is 0 Å². The lowest BCUT2D eigenvalue weighted by Gasteiger charge is -2.15. The number of aliphatic imine (C=N–C) groups is 1. The first-order valence-electron chi connectivity index (χ1n) is 5.45. The Kier molecular flexibility index (Phi) is 5.18. The molecule has 0 aromatic rings. The first-order chi connectivity index (χ1) is 7.27. The molecule has 1 aliphatic carbocycles. The summed E-state index contributed by atoms with van der Waals surface area (Å²) in [6, 6.07) is 0. The molecule has 0 saturated heterocycles. The van der Waals surface area contributed by atoms with E-state index in [4.69, 9.17) is 10.5 Å². The van der Waals surface area contributed by atoms with E-state index in [1.165, 1.54) is 12.8 Å².